The van der Waals surface area contributed by atoms with Crippen LogP contribution in [0.5, 0.6) is 5.75 Å². The van der Waals surface area contributed by atoms with Crippen LogP contribution in [0.2, 0.25) is 0 Å². The summed E-state index contributed by atoms with van der Waals surface area (Å²) in [6, 6.07) is 17.4. The van der Waals surface area contributed by atoms with Crippen molar-refractivity contribution in [1.29, 1.82) is 0 Å². The summed E-state index contributed by atoms with van der Waals surface area (Å²) in [5, 5.41) is 3.75. The lowest BCUT2D eigenvalue weighted by atomic mass is 10.0. The molecule has 1 fully saturated rings. The van der Waals surface area contributed by atoms with Crippen molar-refractivity contribution in [3.8, 4) is 5.75 Å². The molecule has 0 radical (unpaired) electrons. The lowest BCUT2D eigenvalue weighted by Crippen LogP contribution is -2.13. The van der Waals surface area contributed by atoms with Crippen molar-refractivity contribution in [1.82, 2.24) is 0 Å². The third-order valence-corrected chi connectivity index (χ3v) is 4.78. The number of ether oxygens (including phenoxy) is 1. The van der Waals surface area contributed by atoms with Gasteiger partial charge in [-0.25, -0.2) is 0 Å². The Bertz CT molecular complexity index is 592. The third-order valence-electron chi connectivity index (χ3n) is 3.99. The first kappa shape index (κ1) is 14.3. The second-order valence-electron chi connectivity index (χ2n) is 5.43. The fourth-order valence-corrected chi connectivity index (χ4v) is 3.21. The first-order valence-electron chi connectivity index (χ1n) is 7.35. The Hall–Kier alpha value is -1.61. The van der Waals surface area contributed by atoms with Crippen molar-refractivity contribution in [3.63, 3.8) is 0 Å². The van der Waals surface area contributed by atoms with E-state index in [0.717, 1.165) is 11.7 Å². The lowest BCUT2D eigenvalue weighted by Gasteiger charge is -2.22. The minimum atomic E-state index is 0.393. The highest BCUT2D eigenvalue weighted by Crippen LogP contribution is 2.44. The first-order valence-corrected chi connectivity index (χ1v) is 8.58. The van der Waals surface area contributed by atoms with Crippen LogP contribution in [0.15, 0.2) is 53.4 Å². The van der Waals surface area contributed by atoms with Gasteiger partial charge in [-0.2, -0.15) is 0 Å². The molecule has 1 N–H and O–H groups in total. The van der Waals surface area contributed by atoms with Gasteiger partial charge in [0.15, 0.2) is 0 Å². The van der Waals surface area contributed by atoms with Gasteiger partial charge >= 0.3 is 0 Å². The van der Waals surface area contributed by atoms with E-state index in [2.05, 4.69) is 48.0 Å². The zero-order chi connectivity index (χ0) is 14.7. The zero-order valence-corrected chi connectivity index (χ0v) is 13.3. The molecule has 2 nitrogen and oxygen atoms in total. The van der Waals surface area contributed by atoms with E-state index in [9.17, 15) is 0 Å². The molecule has 1 atom stereocenters. The maximum absolute atomic E-state index is 5.26. The molecule has 0 saturated heterocycles. The molecule has 2 aromatic carbocycles. The summed E-state index contributed by atoms with van der Waals surface area (Å²) in [6.45, 7) is 0. The molecule has 110 valence electrons. The molecule has 2 aromatic rings. The second-order valence-corrected chi connectivity index (χ2v) is 6.28. The van der Waals surface area contributed by atoms with E-state index >= 15 is 0 Å². The van der Waals surface area contributed by atoms with Crippen LogP contribution in [0.1, 0.15) is 24.4 Å². The molecule has 0 aromatic heterocycles. The minimum absolute atomic E-state index is 0.393. The summed E-state index contributed by atoms with van der Waals surface area (Å²) in [6.07, 6.45) is 4.75. The topological polar surface area (TPSA) is 21.3 Å². The van der Waals surface area contributed by atoms with Gasteiger partial charge in [0.1, 0.15) is 5.75 Å². The molecule has 3 rings (SSSR count). The van der Waals surface area contributed by atoms with Crippen LogP contribution in [0.4, 0.5) is 5.69 Å². The zero-order valence-electron chi connectivity index (χ0n) is 12.5. The van der Waals surface area contributed by atoms with Crippen LogP contribution < -0.4 is 10.1 Å². The fraction of sp³-hybridized carbons (Fsp3) is 0.333. The molecule has 21 heavy (non-hydrogen) atoms. The Labute approximate surface area is 130 Å². The summed E-state index contributed by atoms with van der Waals surface area (Å²) in [5.74, 6) is 1.66. The predicted molar refractivity (Wildman–Crippen MR) is 90.3 cm³/mol. The van der Waals surface area contributed by atoms with E-state index in [1.807, 2.05) is 12.1 Å². The number of nitrogens with one attached hydrogen (secondary N) is 1. The normalized spacial score (nSPS) is 15.5. The SMILES string of the molecule is COc1ccc(C(Nc2ccccc2SC)C2CC2)cc1. The van der Waals surface area contributed by atoms with Crippen molar-refractivity contribution >= 4 is 17.4 Å². The van der Waals surface area contributed by atoms with Gasteiger partial charge in [-0.15, -0.1) is 11.8 Å². The molecule has 0 aliphatic heterocycles. The third kappa shape index (κ3) is 3.35. The minimum Gasteiger partial charge on any atom is -0.497 e. The number of hydrogen-bond acceptors (Lipinski definition) is 3. The van der Waals surface area contributed by atoms with E-state index < -0.39 is 0 Å². The summed E-state index contributed by atoms with van der Waals surface area (Å²) < 4.78 is 5.26. The Morgan fingerprint density at radius 3 is 2.43 bits per heavy atom. The molecule has 0 spiro atoms. The van der Waals surface area contributed by atoms with Crippen LogP contribution in [-0.4, -0.2) is 13.4 Å². The van der Waals surface area contributed by atoms with E-state index in [4.69, 9.17) is 4.74 Å². The number of rotatable bonds is 6. The Kier molecular flexibility index (Phi) is 4.39. The van der Waals surface area contributed by atoms with Crippen LogP contribution in [0.25, 0.3) is 0 Å². The average molecular weight is 299 g/mol. The number of para-hydroxylation sites is 1. The van der Waals surface area contributed by atoms with Crippen LogP contribution in [0.3, 0.4) is 0 Å². The predicted octanol–water partition coefficient (Wildman–Crippen LogP) is 4.98. The van der Waals surface area contributed by atoms with Gasteiger partial charge in [-0.05, 0) is 54.8 Å². The van der Waals surface area contributed by atoms with Gasteiger partial charge in [0, 0.05) is 10.6 Å². The van der Waals surface area contributed by atoms with Crippen LogP contribution in [0, 0.1) is 5.92 Å². The first-order chi connectivity index (χ1) is 10.3. The molecular formula is C18H21NOS. The summed E-state index contributed by atoms with van der Waals surface area (Å²) >= 11 is 1.79. The van der Waals surface area contributed by atoms with E-state index in [1.165, 1.54) is 29.0 Å². The Morgan fingerprint density at radius 1 is 1.10 bits per heavy atom. The highest BCUT2D eigenvalue weighted by Gasteiger charge is 2.32. The molecular weight excluding hydrogens is 278 g/mol. The van der Waals surface area contributed by atoms with Crippen LogP contribution >= 0.6 is 11.8 Å². The number of anilines is 1. The van der Waals surface area contributed by atoms with Gasteiger partial charge < -0.3 is 10.1 Å². The molecule has 1 aliphatic carbocycles. The fourth-order valence-electron chi connectivity index (χ4n) is 2.65. The smallest absolute Gasteiger partial charge is 0.118 e. The molecule has 0 heterocycles. The molecule has 1 aliphatic rings. The molecule has 1 saturated carbocycles. The second kappa shape index (κ2) is 6.44. The number of methoxy groups -OCH3 is 1. The van der Waals surface area contributed by atoms with Gasteiger partial charge in [-0.1, -0.05) is 24.3 Å². The Balaban J connectivity index is 1.84. The maximum Gasteiger partial charge on any atom is 0.118 e. The van der Waals surface area contributed by atoms with Gasteiger partial charge in [-0.3, -0.25) is 0 Å². The van der Waals surface area contributed by atoms with E-state index in [1.54, 1.807) is 18.9 Å². The van der Waals surface area contributed by atoms with Crippen molar-refractivity contribution in [3.05, 3.63) is 54.1 Å². The summed E-state index contributed by atoms with van der Waals surface area (Å²) in [4.78, 5) is 1.30. The number of thioether (sulfide) groups is 1. The monoisotopic (exact) mass is 299 g/mol. The highest BCUT2D eigenvalue weighted by molar-refractivity contribution is 7.98. The number of benzene rings is 2. The molecule has 0 bridgehead atoms. The average Bonchev–Trinajstić information content (AvgIpc) is 3.38. The molecule has 0 amide bonds. The summed E-state index contributed by atoms with van der Waals surface area (Å²) in [7, 11) is 1.71. The van der Waals surface area contributed by atoms with Crippen molar-refractivity contribution in [2.75, 3.05) is 18.7 Å². The standard InChI is InChI=1S/C18H21NOS/c1-20-15-11-9-14(10-12-15)18(13-7-8-13)19-16-5-3-4-6-17(16)21-2/h3-6,9-13,18-19H,7-8H2,1-2H3. The highest BCUT2D eigenvalue weighted by atomic mass is 32.2. The van der Waals surface area contributed by atoms with Crippen molar-refractivity contribution in [2.24, 2.45) is 5.92 Å². The molecule has 1 unspecified atom stereocenters. The van der Waals surface area contributed by atoms with Crippen molar-refractivity contribution < 1.29 is 4.74 Å². The number of hydrogen-bond donors (Lipinski definition) is 1. The van der Waals surface area contributed by atoms with E-state index in [-0.39, 0.29) is 0 Å². The Morgan fingerprint density at radius 2 is 1.81 bits per heavy atom. The van der Waals surface area contributed by atoms with Gasteiger partial charge in [0.05, 0.1) is 13.2 Å². The van der Waals surface area contributed by atoms with Crippen LogP contribution in [-0.2, 0) is 0 Å². The summed E-state index contributed by atoms with van der Waals surface area (Å²) in [5.41, 5.74) is 2.58. The maximum atomic E-state index is 5.26. The largest absolute Gasteiger partial charge is 0.497 e. The van der Waals surface area contributed by atoms with Crippen molar-refractivity contribution in [2.45, 2.75) is 23.8 Å². The quantitative estimate of drug-likeness (QED) is 0.760. The van der Waals surface area contributed by atoms with E-state index in [0.29, 0.717) is 6.04 Å². The van der Waals surface area contributed by atoms with Gasteiger partial charge in [0.2, 0.25) is 0 Å². The van der Waals surface area contributed by atoms with Gasteiger partial charge in [0.25, 0.3) is 0 Å². The molecule has 3 heteroatoms. The lowest BCUT2D eigenvalue weighted by molar-refractivity contribution is 0.414.